The van der Waals surface area contributed by atoms with E-state index in [1.54, 1.807) is 23.9 Å². The SMILES string of the molecule is O=C(CSC1COC1)c1cccc(F)c1. The molecule has 0 spiro atoms. The molecule has 1 aliphatic heterocycles. The third-order valence-electron chi connectivity index (χ3n) is 2.20. The molecule has 1 saturated heterocycles. The van der Waals surface area contributed by atoms with Crippen molar-refractivity contribution in [2.75, 3.05) is 19.0 Å². The highest BCUT2D eigenvalue weighted by Crippen LogP contribution is 2.20. The van der Waals surface area contributed by atoms with Crippen LogP contribution in [-0.2, 0) is 4.74 Å². The lowest BCUT2D eigenvalue weighted by Gasteiger charge is -2.24. The minimum Gasteiger partial charge on any atom is -0.379 e. The second-order valence-electron chi connectivity index (χ2n) is 3.40. The third-order valence-corrected chi connectivity index (χ3v) is 3.38. The average molecular weight is 226 g/mol. The van der Waals surface area contributed by atoms with Crippen LogP contribution in [0.5, 0.6) is 0 Å². The maximum absolute atomic E-state index is 12.8. The van der Waals surface area contributed by atoms with Crippen molar-refractivity contribution in [3.63, 3.8) is 0 Å². The van der Waals surface area contributed by atoms with Crippen molar-refractivity contribution in [3.8, 4) is 0 Å². The molecule has 0 atom stereocenters. The number of hydrogen-bond donors (Lipinski definition) is 0. The maximum atomic E-state index is 12.8. The summed E-state index contributed by atoms with van der Waals surface area (Å²) in [6, 6.07) is 5.81. The van der Waals surface area contributed by atoms with Crippen molar-refractivity contribution in [1.29, 1.82) is 0 Å². The molecule has 0 aliphatic carbocycles. The van der Waals surface area contributed by atoms with Crippen molar-refractivity contribution in [2.24, 2.45) is 0 Å². The fraction of sp³-hybridized carbons (Fsp3) is 0.364. The van der Waals surface area contributed by atoms with Crippen LogP contribution in [0.2, 0.25) is 0 Å². The van der Waals surface area contributed by atoms with E-state index < -0.39 is 0 Å². The summed E-state index contributed by atoms with van der Waals surface area (Å²) in [6.07, 6.45) is 0. The Labute approximate surface area is 91.8 Å². The zero-order chi connectivity index (χ0) is 10.7. The Balaban J connectivity index is 1.89. The van der Waals surface area contributed by atoms with Crippen LogP contribution < -0.4 is 0 Å². The Morgan fingerprint density at radius 3 is 2.93 bits per heavy atom. The van der Waals surface area contributed by atoms with Gasteiger partial charge in [0, 0.05) is 5.56 Å². The van der Waals surface area contributed by atoms with Gasteiger partial charge in [-0.2, -0.15) is 0 Å². The quantitative estimate of drug-likeness (QED) is 0.736. The van der Waals surface area contributed by atoms with Crippen molar-refractivity contribution >= 4 is 17.5 Å². The highest BCUT2D eigenvalue weighted by molar-refractivity contribution is 8.00. The normalized spacial score (nSPS) is 16.1. The molecular weight excluding hydrogens is 215 g/mol. The second kappa shape index (κ2) is 4.77. The van der Waals surface area contributed by atoms with E-state index >= 15 is 0 Å². The lowest BCUT2D eigenvalue weighted by atomic mass is 10.1. The summed E-state index contributed by atoms with van der Waals surface area (Å²) in [5, 5.41) is 0.433. The van der Waals surface area contributed by atoms with Crippen LogP contribution in [0.4, 0.5) is 4.39 Å². The van der Waals surface area contributed by atoms with Gasteiger partial charge in [0.05, 0.1) is 24.2 Å². The Kier molecular flexibility index (Phi) is 3.38. The highest BCUT2D eigenvalue weighted by atomic mass is 32.2. The molecular formula is C11H11FO2S. The fourth-order valence-electron chi connectivity index (χ4n) is 1.25. The van der Waals surface area contributed by atoms with E-state index in [1.807, 2.05) is 0 Å². The molecule has 1 aromatic rings. The van der Waals surface area contributed by atoms with Gasteiger partial charge < -0.3 is 4.74 Å². The summed E-state index contributed by atoms with van der Waals surface area (Å²) in [6.45, 7) is 1.45. The molecule has 0 amide bonds. The van der Waals surface area contributed by atoms with Crippen molar-refractivity contribution in [1.82, 2.24) is 0 Å². The van der Waals surface area contributed by atoms with Crippen LogP contribution in [0, 0.1) is 5.82 Å². The van der Waals surface area contributed by atoms with Crippen molar-refractivity contribution in [2.45, 2.75) is 5.25 Å². The van der Waals surface area contributed by atoms with Crippen molar-refractivity contribution < 1.29 is 13.9 Å². The first-order chi connectivity index (χ1) is 7.25. The Hall–Kier alpha value is -0.870. The van der Waals surface area contributed by atoms with Crippen LogP contribution in [-0.4, -0.2) is 30.0 Å². The molecule has 1 aliphatic rings. The predicted octanol–water partition coefficient (Wildman–Crippen LogP) is 2.14. The van der Waals surface area contributed by atoms with Gasteiger partial charge in [-0.05, 0) is 12.1 Å². The summed E-state index contributed by atoms with van der Waals surface area (Å²) in [4.78, 5) is 11.6. The number of benzene rings is 1. The van der Waals surface area contributed by atoms with Crippen LogP contribution >= 0.6 is 11.8 Å². The molecule has 1 heterocycles. The molecule has 15 heavy (non-hydrogen) atoms. The summed E-state index contributed by atoms with van der Waals surface area (Å²) >= 11 is 1.58. The molecule has 0 saturated carbocycles. The molecule has 1 fully saturated rings. The zero-order valence-electron chi connectivity index (χ0n) is 8.11. The topological polar surface area (TPSA) is 26.3 Å². The average Bonchev–Trinajstić information content (AvgIpc) is 2.15. The van der Waals surface area contributed by atoms with Gasteiger partial charge >= 0.3 is 0 Å². The molecule has 0 aromatic heterocycles. The van der Waals surface area contributed by atoms with Gasteiger partial charge in [-0.3, -0.25) is 4.79 Å². The first kappa shape index (κ1) is 10.6. The van der Waals surface area contributed by atoms with Gasteiger partial charge in [0.15, 0.2) is 5.78 Å². The van der Waals surface area contributed by atoms with Crippen LogP contribution in [0.1, 0.15) is 10.4 Å². The number of carbonyl (C=O) groups excluding carboxylic acids is 1. The number of rotatable bonds is 4. The summed E-state index contributed by atoms with van der Waals surface area (Å²) in [5.41, 5.74) is 0.447. The molecule has 0 unspecified atom stereocenters. The van der Waals surface area contributed by atoms with Gasteiger partial charge in [0.2, 0.25) is 0 Å². The van der Waals surface area contributed by atoms with Gasteiger partial charge in [0.25, 0.3) is 0 Å². The molecule has 2 rings (SSSR count). The molecule has 1 aromatic carbocycles. The predicted molar refractivity (Wildman–Crippen MR) is 57.8 cm³/mol. The van der Waals surface area contributed by atoms with Gasteiger partial charge in [-0.1, -0.05) is 12.1 Å². The van der Waals surface area contributed by atoms with E-state index in [1.165, 1.54) is 12.1 Å². The summed E-state index contributed by atoms with van der Waals surface area (Å²) < 4.78 is 17.8. The number of halogens is 1. The van der Waals surface area contributed by atoms with E-state index in [4.69, 9.17) is 4.74 Å². The maximum Gasteiger partial charge on any atom is 0.172 e. The molecule has 0 N–H and O–H groups in total. The smallest absolute Gasteiger partial charge is 0.172 e. The first-order valence-corrected chi connectivity index (χ1v) is 5.79. The zero-order valence-corrected chi connectivity index (χ0v) is 8.93. The summed E-state index contributed by atoms with van der Waals surface area (Å²) in [5.74, 6) is 0.0153. The van der Waals surface area contributed by atoms with E-state index in [0.29, 0.717) is 16.6 Å². The van der Waals surface area contributed by atoms with Gasteiger partial charge in [-0.25, -0.2) is 4.39 Å². The van der Waals surface area contributed by atoms with E-state index in [2.05, 4.69) is 0 Å². The Morgan fingerprint density at radius 1 is 1.53 bits per heavy atom. The Bertz CT molecular complexity index is 363. The van der Waals surface area contributed by atoms with Crippen LogP contribution in [0.3, 0.4) is 0 Å². The second-order valence-corrected chi connectivity index (χ2v) is 4.69. The summed E-state index contributed by atoms with van der Waals surface area (Å²) in [7, 11) is 0. The van der Waals surface area contributed by atoms with Crippen LogP contribution in [0.25, 0.3) is 0 Å². The number of Topliss-reactive ketones (excluding diaryl/α,β-unsaturated/α-hetero) is 1. The molecule has 0 bridgehead atoms. The minimum absolute atomic E-state index is 0.0219. The monoisotopic (exact) mass is 226 g/mol. The van der Waals surface area contributed by atoms with E-state index in [0.717, 1.165) is 13.2 Å². The molecule has 2 nitrogen and oxygen atoms in total. The Morgan fingerprint density at radius 2 is 2.33 bits per heavy atom. The largest absolute Gasteiger partial charge is 0.379 e. The molecule has 0 radical (unpaired) electrons. The number of thioether (sulfide) groups is 1. The van der Waals surface area contributed by atoms with Gasteiger partial charge in [0.1, 0.15) is 5.82 Å². The molecule has 4 heteroatoms. The highest BCUT2D eigenvalue weighted by Gasteiger charge is 2.20. The third kappa shape index (κ3) is 2.79. The molecule has 80 valence electrons. The first-order valence-electron chi connectivity index (χ1n) is 4.74. The number of hydrogen-bond acceptors (Lipinski definition) is 3. The van der Waals surface area contributed by atoms with Crippen LogP contribution in [0.15, 0.2) is 24.3 Å². The van der Waals surface area contributed by atoms with E-state index in [-0.39, 0.29) is 11.6 Å². The lowest BCUT2D eigenvalue weighted by molar-refractivity contribution is 0.0455. The fourth-order valence-corrected chi connectivity index (χ4v) is 2.19. The minimum atomic E-state index is -0.363. The number of ether oxygens (including phenoxy) is 1. The number of carbonyl (C=O) groups is 1. The standard InChI is InChI=1S/C11H11FO2S/c12-9-3-1-2-8(4-9)11(13)7-15-10-5-14-6-10/h1-4,10H,5-7H2. The van der Waals surface area contributed by atoms with E-state index in [9.17, 15) is 9.18 Å². The number of ketones is 1. The lowest BCUT2D eigenvalue weighted by Crippen LogP contribution is -2.31. The van der Waals surface area contributed by atoms with Crippen molar-refractivity contribution in [3.05, 3.63) is 35.6 Å². The van der Waals surface area contributed by atoms with Gasteiger partial charge in [-0.15, -0.1) is 11.8 Å².